The molecule has 4 rings (SSSR count). The molecule has 1 unspecified atom stereocenters. The summed E-state index contributed by atoms with van der Waals surface area (Å²) in [6.07, 6.45) is 5.59. The average molecular weight is 467 g/mol. The van der Waals surface area contributed by atoms with Crippen LogP contribution in [0.25, 0.3) is 10.8 Å². The van der Waals surface area contributed by atoms with E-state index in [0.29, 0.717) is 42.0 Å². The highest BCUT2D eigenvalue weighted by molar-refractivity contribution is 6.26. The highest BCUT2D eigenvalue weighted by atomic mass is 16.5. The van der Waals surface area contributed by atoms with Gasteiger partial charge in [-0.25, -0.2) is 4.79 Å². The average Bonchev–Trinajstić information content (AvgIpc) is 3.39. The molecule has 1 saturated heterocycles. The molecule has 2 aliphatic rings. The molecule has 7 heteroatoms. The van der Waals surface area contributed by atoms with Crippen molar-refractivity contribution in [3.63, 3.8) is 0 Å². The van der Waals surface area contributed by atoms with Gasteiger partial charge in [0.15, 0.2) is 0 Å². The van der Waals surface area contributed by atoms with Crippen LogP contribution < -0.4 is 10.1 Å². The van der Waals surface area contributed by atoms with E-state index in [0.717, 1.165) is 50.1 Å². The van der Waals surface area contributed by atoms with Gasteiger partial charge in [-0.3, -0.25) is 14.5 Å². The largest absolute Gasteiger partial charge is 0.493 e. The van der Waals surface area contributed by atoms with Crippen LogP contribution in [0.4, 0.5) is 0 Å². The molecule has 2 aromatic rings. The number of carbonyl (C=O) groups excluding carboxylic acids is 3. The number of benzene rings is 2. The summed E-state index contributed by atoms with van der Waals surface area (Å²) in [5.74, 6) is -0.233. The monoisotopic (exact) mass is 466 g/mol. The number of imide groups is 1. The third kappa shape index (κ3) is 5.65. The van der Waals surface area contributed by atoms with Crippen molar-refractivity contribution in [2.75, 3.05) is 26.3 Å². The summed E-state index contributed by atoms with van der Waals surface area (Å²) in [4.78, 5) is 38.7. The number of nitrogens with one attached hydrogen (secondary N) is 1. The third-order valence-electron chi connectivity index (χ3n) is 5.97. The van der Waals surface area contributed by atoms with Crippen molar-refractivity contribution in [3.05, 3.63) is 54.1 Å². The SMILES string of the molecule is C=CC(=O)OCCCCCOc1ccc2c3c(cccc13)C(=O)N(CC1CCCN1)C2=O.CC. The molecule has 0 spiro atoms. The van der Waals surface area contributed by atoms with Crippen molar-refractivity contribution in [1.29, 1.82) is 0 Å². The van der Waals surface area contributed by atoms with Crippen molar-refractivity contribution in [2.45, 2.75) is 52.0 Å². The smallest absolute Gasteiger partial charge is 0.330 e. The number of ether oxygens (including phenoxy) is 2. The van der Waals surface area contributed by atoms with E-state index in [1.54, 1.807) is 12.1 Å². The lowest BCUT2D eigenvalue weighted by Crippen LogP contribution is -2.46. The number of nitrogens with zero attached hydrogens (tertiary/aromatic N) is 1. The molecule has 0 radical (unpaired) electrons. The van der Waals surface area contributed by atoms with E-state index < -0.39 is 5.97 Å². The first kappa shape index (κ1) is 25.4. The Morgan fingerprint density at radius 1 is 1.09 bits per heavy atom. The number of carbonyl (C=O) groups is 3. The lowest BCUT2D eigenvalue weighted by molar-refractivity contribution is -0.137. The highest BCUT2D eigenvalue weighted by Crippen LogP contribution is 2.35. The summed E-state index contributed by atoms with van der Waals surface area (Å²) < 4.78 is 10.9. The first-order chi connectivity index (χ1) is 16.6. The van der Waals surface area contributed by atoms with Crippen LogP contribution in [0.1, 0.15) is 66.7 Å². The molecule has 1 atom stereocenters. The molecular formula is C27H34N2O5. The van der Waals surface area contributed by atoms with Crippen LogP contribution in [0.2, 0.25) is 0 Å². The second-order valence-corrected chi connectivity index (χ2v) is 8.13. The fourth-order valence-electron chi connectivity index (χ4n) is 4.34. The molecule has 2 aliphatic heterocycles. The van der Waals surface area contributed by atoms with Crippen molar-refractivity contribution in [2.24, 2.45) is 0 Å². The van der Waals surface area contributed by atoms with Crippen LogP contribution in [-0.4, -0.2) is 55.0 Å². The lowest BCUT2D eigenvalue weighted by atomic mass is 9.93. The zero-order chi connectivity index (χ0) is 24.5. The Bertz CT molecular complexity index is 1020. The summed E-state index contributed by atoms with van der Waals surface area (Å²) in [5, 5.41) is 4.81. The molecule has 2 heterocycles. The third-order valence-corrected chi connectivity index (χ3v) is 5.97. The molecule has 0 aliphatic carbocycles. The van der Waals surface area contributed by atoms with E-state index in [-0.39, 0.29) is 17.9 Å². The summed E-state index contributed by atoms with van der Waals surface area (Å²) in [7, 11) is 0. The first-order valence-corrected chi connectivity index (χ1v) is 12.2. The van der Waals surface area contributed by atoms with Gasteiger partial charge in [0.1, 0.15) is 5.75 Å². The second-order valence-electron chi connectivity index (χ2n) is 8.13. The van der Waals surface area contributed by atoms with E-state index in [2.05, 4.69) is 11.9 Å². The van der Waals surface area contributed by atoms with Gasteiger partial charge in [0.25, 0.3) is 11.8 Å². The summed E-state index contributed by atoms with van der Waals surface area (Å²) >= 11 is 0. The molecule has 1 N–H and O–H groups in total. The van der Waals surface area contributed by atoms with E-state index in [1.165, 1.54) is 4.90 Å². The molecule has 2 amide bonds. The molecule has 1 fully saturated rings. The van der Waals surface area contributed by atoms with Crippen LogP contribution in [0.5, 0.6) is 5.75 Å². The first-order valence-electron chi connectivity index (χ1n) is 12.2. The molecule has 0 saturated carbocycles. The molecule has 0 aromatic heterocycles. The number of hydrogen-bond donors (Lipinski definition) is 1. The molecule has 2 aromatic carbocycles. The van der Waals surface area contributed by atoms with Gasteiger partial charge in [0.05, 0.1) is 13.2 Å². The zero-order valence-electron chi connectivity index (χ0n) is 20.1. The molecule has 182 valence electrons. The van der Waals surface area contributed by atoms with Crippen LogP contribution in [0.3, 0.4) is 0 Å². The Morgan fingerprint density at radius 3 is 2.53 bits per heavy atom. The van der Waals surface area contributed by atoms with Gasteiger partial charge in [-0.05, 0) is 56.8 Å². The maximum absolute atomic E-state index is 13.1. The highest BCUT2D eigenvalue weighted by Gasteiger charge is 2.35. The Hall–Kier alpha value is -3.19. The Balaban J connectivity index is 0.00000158. The predicted molar refractivity (Wildman–Crippen MR) is 132 cm³/mol. The Morgan fingerprint density at radius 2 is 1.82 bits per heavy atom. The molecule has 0 bridgehead atoms. The number of rotatable bonds is 10. The standard InChI is InChI=1S/C25H28N2O5.C2H6/c1-2-22(28)32-15-5-3-4-14-31-21-12-11-20-23-18(21)9-6-10-19(23)24(29)27(25(20)30)16-17-8-7-13-26-17;1-2/h2,6,9-12,17,26H,1,3-5,7-8,13-16H2;1-2H3. The fourth-order valence-corrected chi connectivity index (χ4v) is 4.34. The topological polar surface area (TPSA) is 84.9 Å². The van der Waals surface area contributed by atoms with Crippen molar-refractivity contribution in [3.8, 4) is 5.75 Å². The zero-order valence-corrected chi connectivity index (χ0v) is 20.1. The predicted octanol–water partition coefficient (Wildman–Crippen LogP) is 4.49. The maximum Gasteiger partial charge on any atom is 0.330 e. The maximum atomic E-state index is 13.1. The van der Waals surface area contributed by atoms with E-state index in [4.69, 9.17) is 9.47 Å². The van der Waals surface area contributed by atoms with Crippen LogP contribution >= 0.6 is 0 Å². The minimum atomic E-state index is -0.410. The van der Waals surface area contributed by atoms with Gasteiger partial charge in [-0.2, -0.15) is 0 Å². The number of esters is 1. The van der Waals surface area contributed by atoms with Crippen molar-refractivity contribution >= 4 is 28.6 Å². The van der Waals surface area contributed by atoms with E-state index >= 15 is 0 Å². The quantitative estimate of drug-likeness (QED) is 0.240. The van der Waals surface area contributed by atoms with Gasteiger partial charge in [-0.15, -0.1) is 0 Å². The van der Waals surface area contributed by atoms with E-state index in [9.17, 15) is 14.4 Å². The minimum absolute atomic E-state index is 0.159. The van der Waals surface area contributed by atoms with Gasteiger partial charge >= 0.3 is 5.97 Å². The van der Waals surface area contributed by atoms with Gasteiger partial charge in [0, 0.05) is 40.6 Å². The second kappa shape index (κ2) is 12.3. The molecule has 7 nitrogen and oxygen atoms in total. The number of unbranched alkanes of at least 4 members (excludes halogenated alkanes) is 2. The lowest BCUT2D eigenvalue weighted by Gasteiger charge is -2.29. The summed E-state index contributed by atoms with van der Waals surface area (Å²) in [5.41, 5.74) is 1.09. The molecular weight excluding hydrogens is 432 g/mol. The molecule has 34 heavy (non-hydrogen) atoms. The van der Waals surface area contributed by atoms with Gasteiger partial charge in [0.2, 0.25) is 0 Å². The van der Waals surface area contributed by atoms with Crippen LogP contribution in [0.15, 0.2) is 43.0 Å². The van der Waals surface area contributed by atoms with E-state index in [1.807, 2.05) is 32.0 Å². The summed E-state index contributed by atoms with van der Waals surface area (Å²) in [6, 6.07) is 9.24. The summed E-state index contributed by atoms with van der Waals surface area (Å²) in [6.45, 7) is 9.54. The van der Waals surface area contributed by atoms with Crippen LogP contribution in [0, 0.1) is 0 Å². The van der Waals surface area contributed by atoms with Crippen molar-refractivity contribution < 1.29 is 23.9 Å². The fraction of sp³-hybridized carbons (Fsp3) is 0.444. The number of hydrogen-bond acceptors (Lipinski definition) is 6. The number of amides is 2. The Kier molecular flexibility index (Phi) is 9.22. The van der Waals surface area contributed by atoms with Crippen LogP contribution in [-0.2, 0) is 9.53 Å². The Labute approximate surface area is 201 Å². The van der Waals surface area contributed by atoms with Gasteiger partial charge in [-0.1, -0.05) is 32.6 Å². The normalized spacial score (nSPS) is 16.8. The van der Waals surface area contributed by atoms with Gasteiger partial charge < -0.3 is 14.8 Å². The van der Waals surface area contributed by atoms with Crippen molar-refractivity contribution in [1.82, 2.24) is 10.2 Å². The minimum Gasteiger partial charge on any atom is -0.493 e.